The van der Waals surface area contributed by atoms with Gasteiger partial charge in [-0.1, -0.05) is 38.3 Å². The van der Waals surface area contributed by atoms with E-state index in [0.717, 1.165) is 24.3 Å². The second kappa shape index (κ2) is 8.57. The van der Waals surface area contributed by atoms with Crippen molar-refractivity contribution in [2.45, 2.75) is 46.5 Å². The minimum absolute atomic E-state index is 0.0441. The van der Waals surface area contributed by atoms with Crippen molar-refractivity contribution in [2.24, 2.45) is 0 Å². The maximum Gasteiger partial charge on any atom is 0.257 e. The van der Waals surface area contributed by atoms with E-state index in [-0.39, 0.29) is 12.5 Å². The molecule has 0 unspecified atom stereocenters. The van der Waals surface area contributed by atoms with Crippen LogP contribution in [0.4, 0.5) is 0 Å². The summed E-state index contributed by atoms with van der Waals surface area (Å²) in [5.41, 5.74) is 2.27. The molecule has 0 heterocycles. The third-order valence-electron chi connectivity index (χ3n) is 3.27. The number of amides is 1. The number of rotatable bonds is 8. The summed E-state index contributed by atoms with van der Waals surface area (Å²) < 4.78 is 5.55. The highest BCUT2D eigenvalue weighted by molar-refractivity contribution is 5.77. The van der Waals surface area contributed by atoms with Gasteiger partial charge in [0.2, 0.25) is 0 Å². The second-order valence-electron chi connectivity index (χ2n) is 4.90. The van der Waals surface area contributed by atoms with Gasteiger partial charge >= 0.3 is 0 Å². The van der Waals surface area contributed by atoms with Gasteiger partial charge in [-0.05, 0) is 37.5 Å². The third kappa shape index (κ3) is 5.77. The smallest absolute Gasteiger partial charge is 0.257 e. The number of hydrogen-bond acceptors (Lipinski definition) is 2. The molecule has 0 saturated carbocycles. The van der Waals surface area contributed by atoms with Crippen LogP contribution in [-0.2, 0) is 4.79 Å². The zero-order valence-electron chi connectivity index (χ0n) is 12.3. The van der Waals surface area contributed by atoms with Gasteiger partial charge in [-0.3, -0.25) is 4.79 Å². The van der Waals surface area contributed by atoms with Gasteiger partial charge in [-0.15, -0.1) is 0 Å². The zero-order chi connectivity index (χ0) is 14.1. The summed E-state index contributed by atoms with van der Waals surface area (Å²) in [6, 6.07) is 5.88. The van der Waals surface area contributed by atoms with Crippen LogP contribution in [0.25, 0.3) is 0 Å². The van der Waals surface area contributed by atoms with Crippen molar-refractivity contribution in [2.75, 3.05) is 13.2 Å². The lowest BCUT2D eigenvalue weighted by Gasteiger charge is -2.11. The molecule has 1 aromatic rings. The fraction of sp³-hybridized carbons (Fsp3) is 0.562. The average Bonchev–Trinajstić information content (AvgIpc) is 2.40. The molecule has 0 aliphatic carbocycles. The molecular formula is C16H25NO2. The molecule has 0 aliphatic heterocycles. The van der Waals surface area contributed by atoms with Gasteiger partial charge in [0.15, 0.2) is 6.61 Å². The molecule has 3 heteroatoms. The van der Waals surface area contributed by atoms with Gasteiger partial charge in [0.25, 0.3) is 5.91 Å². The Balaban J connectivity index is 2.24. The van der Waals surface area contributed by atoms with Crippen molar-refractivity contribution in [3.05, 3.63) is 29.3 Å². The first-order valence-corrected chi connectivity index (χ1v) is 7.11. The molecule has 19 heavy (non-hydrogen) atoms. The molecule has 0 aromatic heterocycles. The summed E-state index contributed by atoms with van der Waals surface area (Å²) in [5, 5.41) is 2.88. The van der Waals surface area contributed by atoms with Crippen LogP contribution >= 0.6 is 0 Å². The SMILES string of the molecule is CCCCCCNC(=O)COc1cccc(C)c1C. The van der Waals surface area contributed by atoms with Crippen LogP contribution in [0.2, 0.25) is 0 Å². The molecular weight excluding hydrogens is 238 g/mol. The van der Waals surface area contributed by atoms with E-state index in [1.54, 1.807) is 0 Å². The Morgan fingerprint density at radius 3 is 2.74 bits per heavy atom. The van der Waals surface area contributed by atoms with E-state index in [4.69, 9.17) is 4.74 Å². The van der Waals surface area contributed by atoms with Crippen LogP contribution in [0, 0.1) is 13.8 Å². The maximum absolute atomic E-state index is 11.6. The van der Waals surface area contributed by atoms with Crippen LogP contribution in [-0.4, -0.2) is 19.1 Å². The van der Waals surface area contributed by atoms with Gasteiger partial charge in [0.05, 0.1) is 0 Å². The van der Waals surface area contributed by atoms with E-state index in [9.17, 15) is 4.79 Å². The van der Waals surface area contributed by atoms with Crippen molar-refractivity contribution in [1.29, 1.82) is 0 Å². The number of unbranched alkanes of at least 4 members (excludes halogenated alkanes) is 3. The minimum atomic E-state index is -0.0441. The van der Waals surface area contributed by atoms with Crippen molar-refractivity contribution >= 4 is 5.91 Å². The number of ether oxygens (including phenoxy) is 1. The van der Waals surface area contributed by atoms with Gasteiger partial charge in [0.1, 0.15) is 5.75 Å². The van der Waals surface area contributed by atoms with Crippen LogP contribution in [0.3, 0.4) is 0 Å². The van der Waals surface area contributed by atoms with E-state index in [1.165, 1.54) is 24.8 Å². The first-order valence-electron chi connectivity index (χ1n) is 7.11. The van der Waals surface area contributed by atoms with E-state index < -0.39 is 0 Å². The first kappa shape index (κ1) is 15.5. The molecule has 1 amide bonds. The summed E-state index contributed by atoms with van der Waals surface area (Å²) in [4.78, 5) is 11.6. The standard InChI is InChI=1S/C16H25NO2/c1-4-5-6-7-11-17-16(18)12-19-15-10-8-9-13(2)14(15)3/h8-10H,4-7,11-12H2,1-3H3,(H,17,18). The Bertz CT molecular complexity index is 402. The third-order valence-corrected chi connectivity index (χ3v) is 3.27. The molecule has 0 saturated heterocycles. The number of benzene rings is 1. The molecule has 0 atom stereocenters. The lowest BCUT2D eigenvalue weighted by atomic mass is 10.1. The van der Waals surface area contributed by atoms with E-state index >= 15 is 0 Å². The van der Waals surface area contributed by atoms with Crippen LogP contribution < -0.4 is 10.1 Å². The highest BCUT2D eigenvalue weighted by Gasteiger charge is 2.05. The fourth-order valence-electron chi connectivity index (χ4n) is 1.85. The largest absolute Gasteiger partial charge is 0.483 e. The van der Waals surface area contributed by atoms with Crippen molar-refractivity contribution in [3.63, 3.8) is 0 Å². The Labute approximate surface area is 116 Å². The molecule has 0 aliphatic rings. The van der Waals surface area contributed by atoms with Gasteiger partial charge < -0.3 is 10.1 Å². The summed E-state index contributed by atoms with van der Waals surface area (Å²) in [7, 11) is 0. The quantitative estimate of drug-likeness (QED) is 0.730. The van der Waals surface area contributed by atoms with E-state index in [2.05, 4.69) is 12.2 Å². The molecule has 1 rings (SSSR count). The van der Waals surface area contributed by atoms with Crippen LogP contribution in [0.1, 0.15) is 43.7 Å². The van der Waals surface area contributed by atoms with Gasteiger partial charge in [0, 0.05) is 6.54 Å². The Morgan fingerprint density at radius 2 is 2.00 bits per heavy atom. The number of hydrogen-bond donors (Lipinski definition) is 1. The van der Waals surface area contributed by atoms with Gasteiger partial charge in [-0.2, -0.15) is 0 Å². The maximum atomic E-state index is 11.6. The number of nitrogens with one attached hydrogen (secondary N) is 1. The molecule has 0 spiro atoms. The highest BCUT2D eigenvalue weighted by Crippen LogP contribution is 2.20. The van der Waals surface area contributed by atoms with Crippen molar-refractivity contribution in [3.8, 4) is 5.75 Å². The molecule has 1 N–H and O–H groups in total. The number of carbonyl (C=O) groups excluding carboxylic acids is 1. The summed E-state index contributed by atoms with van der Waals surface area (Å²) in [6.45, 7) is 7.06. The highest BCUT2D eigenvalue weighted by atomic mass is 16.5. The zero-order valence-corrected chi connectivity index (χ0v) is 12.3. The molecule has 1 aromatic carbocycles. The normalized spacial score (nSPS) is 10.3. The first-order chi connectivity index (χ1) is 9.15. The van der Waals surface area contributed by atoms with E-state index in [1.807, 2.05) is 32.0 Å². The van der Waals surface area contributed by atoms with Crippen LogP contribution in [0.15, 0.2) is 18.2 Å². The topological polar surface area (TPSA) is 38.3 Å². The van der Waals surface area contributed by atoms with Crippen molar-refractivity contribution < 1.29 is 9.53 Å². The Kier molecular flexibility index (Phi) is 7.01. The average molecular weight is 263 g/mol. The predicted molar refractivity (Wildman–Crippen MR) is 78.6 cm³/mol. The lowest BCUT2D eigenvalue weighted by molar-refractivity contribution is -0.123. The molecule has 106 valence electrons. The monoisotopic (exact) mass is 263 g/mol. The molecule has 0 bridgehead atoms. The summed E-state index contributed by atoms with van der Waals surface area (Å²) in [6.07, 6.45) is 4.66. The molecule has 0 fully saturated rings. The van der Waals surface area contributed by atoms with Crippen LogP contribution in [0.5, 0.6) is 5.75 Å². The number of carbonyl (C=O) groups is 1. The second-order valence-corrected chi connectivity index (χ2v) is 4.90. The molecule has 3 nitrogen and oxygen atoms in total. The Hall–Kier alpha value is -1.51. The van der Waals surface area contributed by atoms with E-state index in [0.29, 0.717) is 0 Å². The Morgan fingerprint density at radius 1 is 1.21 bits per heavy atom. The lowest BCUT2D eigenvalue weighted by Crippen LogP contribution is -2.29. The fourth-order valence-corrected chi connectivity index (χ4v) is 1.85. The molecule has 0 radical (unpaired) electrons. The summed E-state index contributed by atoms with van der Waals surface area (Å²) in [5.74, 6) is 0.749. The van der Waals surface area contributed by atoms with Gasteiger partial charge in [-0.25, -0.2) is 0 Å². The summed E-state index contributed by atoms with van der Waals surface area (Å²) >= 11 is 0. The minimum Gasteiger partial charge on any atom is -0.483 e. The number of aryl methyl sites for hydroxylation is 1. The van der Waals surface area contributed by atoms with Crippen molar-refractivity contribution in [1.82, 2.24) is 5.32 Å². The predicted octanol–water partition coefficient (Wildman–Crippen LogP) is 3.38.